The van der Waals surface area contributed by atoms with Gasteiger partial charge < -0.3 is 10.2 Å². The van der Waals surface area contributed by atoms with E-state index in [4.69, 9.17) is 0 Å². The zero-order chi connectivity index (χ0) is 25.2. The van der Waals surface area contributed by atoms with Gasteiger partial charge in [-0.3, -0.25) is 19.7 Å². The molecule has 3 aromatic rings. The molecule has 3 aromatic carbocycles. The standard InChI is InChI=1S/C27H29N3O4S/c1-20-8-6-7-11-23(20)17-29(25(27(32)28-2)16-21-9-4-3-5-10-21)26(31)19-35-18-22-12-14-24(15-13-22)30(33)34/h3-15,25H,16-19H2,1-2H3,(H,28,32)/t25-/m1/s1. The number of aryl methyl sites for hydroxylation is 1. The second kappa shape index (κ2) is 12.7. The largest absolute Gasteiger partial charge is 0.357 e. The molecule has 2 amide bonds. The molecule has 8 heteroatoms. The molecule has 0 saturated heterocycles. The first-order valence-electron chi connectivity index (χ1n) is 11.3. The average Bonchev–Trinajstić information content (AvgIpc) is 2.87. The number of nitro groups is 1. The SMILES string of the molecule is CNC(=O)[C@@H](Cc1ccccc1)N(Cc1ccccc1C)C(=O)CSCc1ccc([N+](=O)[O-])cc1. The van der Waals surface area contributed by atoms with E-state index in [0.717, 1.165) is 22.3 Å². The number of benzene rings is 3. The van der Waals surface area contributed by atoms with Crippen molar-refractivity contribution in [2.45, 2.75) is 31.7 Å². The minimum Gasteiger partial charge on any atom is -0.357 e. The van der Waals surface area contributed by atoms with Crippen LogP contribution in [0.15, 0.2) is 78.9 Å². The molecule has 0 aliphatic heterocycles. The third kappa shape index (κ3) is 7.42. The quantitative estimate of drug-likeness (QED) is 0.314. The summed E-state index contributed by atoms with van der Waals surface area (Å²) in [4.78, 5) is 38.5. The van der Waals surface area contributed by atoms with E-state index in [1.807, 2.05) is 61.5 Å². The Morgan fingerprint density at radius 2 is 1.63 bits per heavy atom. The molecule has 35 heavy (non-hydrogen) atoms. The summed E-state index contributed by atoms with van der Waals surface area (Å²) < 4.78 is 0. The van der Waals surface area contributed by atoms with Crippen LogP contribution in [0.1, 0.15) is 22.3 Å². The lowest BCUT2D eigenvalue weighted by atomic mass is 10.0. The number of hydrogen-bond donors (Lipinski definition) is 1. The van der Waals surface area contributed by atoms with Crippen molar-refractivity contribution in [3.8, 4) is 0 Å². The van der Waals surface area contributed by atoms with E-state index in [0.29, 0.717) is 18.7 Å². The Kier molecular flexibility index (Phi) is 9.43. The van der Waals surface area contributed by atoms with Crippen molar-refractivity contribution in [2.75, 3.05) is 12.8 Å². The van der Waals surface area contributed by atoms with Crippen molar-refractivity contribution in [1.82, 2.24) is 10.2 Å². The molecule has 0 aliphatic carbocycles. The maximum Gasteiger partial charge on any atom is 0.269 e. The Morgan fingerprint density at radius 1 is 0.971 bits per heavy atom. The van der Waals surface area contributed by atoms with E-state index in [2.05, 4.69) is 5.32 Å². The van der Waals surface area contributed by atoms with Crippen molar-refractivity contribution in [2.24, 2.45) is 0 Å². The molecule has 0 spiro atoms. The number of thioether (sulfide) groups is 1. The fourth-order valence-electron chi connectivity index (χ4n) is 3.74. The number of nitrogens with zero attached hydrogens (tertiary/aromatic N) is 2. The molecular formula is C27H29N3O4S. The highest BCUT2D eigenvalue weighted by molar-refractivity contribution is 7.99. The minimum absolute atomic E-state index is 0.0357. The first-order chi connectivity index (χ1) is 16.9. The van der Waals surface area contributed by atoms with Crippen LogP contribution >= 0.6 is 11.8 Å². The molecule has 0 heterocycles. The Labute approximate surface area is 209 Å². The molecule has 0 fully saturated rings. The lowest BCUT2D eigenvalue weighted by Gasteiger charge is -2.31. The van der Waals surface area contributed by atoms with Crippen LogP contribution < -0.4 is 5.32 Å². The summed E-state index contributed by atoms with van der Waals surface area (Å²) in [5, 5.41) is 13.6. The van der Waals surface area contributed by atoms with Crippen LogP contribution in [0.3, 0.4) is 0 Å². The summed E-state index contributed by atoms with van der Waals surface area (Å²) in [6, 6.07) is 23.2. The summed E-state index contributed by atoms with van der Waals surface area (Å²) in [5.41, 5.74) is 3.95. The molecule has 0 unspecified atom stereocenters. The number of hydrogen-bond acceptors (Lipinski definition) is 5. The highest BCUT2D eigenvalue weighted by atomic mass is 32.2. The number of carbonyl (C=O) groups is 2. The van der Waals surface area contributed by atoms with Crippen molar-refractivity contribution in [1.29, 1.82) is 0 Å². The number of carbonyl (C=O) groups excluding carboxylic acids is 2. The smallest absolute Gasteiger partial charge is 0.269 e. The molecule has 1 N–H and O–H groups in total. The van der Waals surface area contributed by atoms with E-state index >= 15 is 0 Å². The van der Waals surface area contributed by atoms with Gasteiger partial charge in [0.1, 0.15) is 6.04 Å². The summed E-state index contributed by atoms with van der Waals surface area (Å²) in [6.45, 7) is 2.32. The average molecular weight is 492 g/mol. The highest BCUT2D eigenvalue weighted by Crippen LogP contribution is 2.21. The molecule has 7 nitrogen and oxygen atoms in total. The van der Waals surface area contributed by atoms with Gasteiger partial charge in [0, 0.05) is 37.9 Å². The van der Waals surface area contributed by atoms with Gasteiger partial charge in [-0.1, -0.05) is 66.7 Å². The second-order valence-corrected chi connectivity index (χ2v) is 9.17. The van der Waals surface area contributed by atoms with Crippen LogP contribution in [-0.4, -0.2) is 40.5 Å². The summed E-state index contributed by atoms with van der Waals surface area (Å²) >= 11 is 1.42. The number of amides is 2. The summed E-state index contributed by atoms with van der Waals surface area (Å²) in [6.07, 6.45) is 0.408. The molecule has 0 bridgehead atoms. The van der Waals surface area contributed by atoms with Gasteiger partial charge >= 0.3 is 0 Å². The van der Waals surface area contributed by atoms with Crippen LogP contribution in [-0.2, 0) is 28.3 Å². The Morgan fingerprint density at radius 3 is 2.26 bits per heavy atom. The third-order valence-corrected chi connectivity index (χ3v) is 6.75. The van der Waals surface area contributed by atoms with E-state index in [9.17, 15) is 19.7 Å². The molecule has 0 radical (unpaired) electrons. The van der Waals surface area contributed by atoms with Crippen LogP contribution in [0.2, 0.25) is 0 Å². The first-order valence-corrected chi connectivity index (χ1v) is 12.4. The second-order valence-electron chi connectivity index (χ2n) is 8.18. The lowest BCUT2D eigenvalue weighted by molar-refractivity contribution is -0.384. The molecule has 1 atom stereocenters. The van der Waals surface area contributed by atoms with Gasteiger partial charge in [-0.25, -0.2) is 0 Å². The van der Waals surface area contributed by atoms with Crippen molar-refractivity contribution >= 4 is 29.3 Å². The predicted octanol–water partition coefficient (Wildman–Crippen LogP) is 4.52. The zero-order valence-corrected chi connectivity index (χ0v) is 20.7. The van der Waals surface area contributed by atoms with Gasteiger partial charge in [0.15, 0.2) is 0 Å². The van der Waals surface area contributed by atoms with Gasteiger partial charge in [-0.15, -0.1) is 11.8 Å². The number of nitro benzene ring substituents is 1. The van der Waals surface area contributed by atoms with Gasteiger partial charge in [-0.05, 0) is 29.2 Å². The first kappa shape index (κ1) is 26.0. The van der Waals surface area contributed by atoms with Gasteiger partial charge in [0.2, 0.25) is 11.8 Å². The molecule has 0 saturated carbocycles. The lowest BCUT2D eigenvalue weighted by Crippen LogP contribution is -2.50. The summed E-state index contributed by atoms with van der Waals surface area (Å²) in [5.74, 6) is 0.372. The monoisotopic (exact) mass is 491 g/mol. The Bertz CT molecular complexity index is 1150. The van der Waals surface area contributed by atoms with Crippen LogP contribution in [0.5, 0.6) is 0 Å². The molecule has 3 rings (SSSR count). The number of non-ortho nitro benzene ring substituents is 1. The minimum atomic E-state index is -0.658. The Balaban J connectivity index is 1.78. The number of likely N-dealkylation sites (N-methyl/N-ethyl adjacent to an activating group) is 1. The highest BCUT2D eigenvalue weighted by Gasteiger charge is 2.30. The normalized spacial score (nSPS) is 11.5. The van der Waals surface area contributed by atoms with Gasteiger partial charge in [0.05, 0.1) is 10.7 Å². The van der Waals surface area contributed by atoms with E-state index in [1.165, 1.54) is 23.9 Å². The zero-order valence-electron chi connectivity index (χ0n) is 19.8. The maximum absolute atomic E-state index is 13.5. The number of nitrogens with one attached hydrogen (secondary N) is 1. The topological polar surface area (TPSA) is 92.6 Å². The third-order valence-electron chi connectivity index (χ3n) is 5.76. The molecule has 0 aromatic heterocycles. The molecule has 182 valence electrons. The Hall–Kier alpha value is -3.65. The molecule has 0 aliphatic rings. The van der Waals surface area contributed by atoms with E-state index < -0.39 is 11.0 Å². The van der Waals surface area contributed by atoms with Crippen molar-refractivity contribution in [3.05, 3.63) is 111 Å². The van der Waals surface area contributed by atoms with E-state index in [1.54, 1.807) is 24.1 Å². The van der Waals surface area contributed by atoms with Gasteiger partial charge in [-0.2, -0.15) is 0 Å². The van der Waals surface area contributed by atoms with Crippen LogP contribution in [0.25, 0.3) is 0 Å². The van der Waals surface area contributed by atoms with E-state index in [-0.39, 0.29) is 23.3 Å². The van der Waals surface area contributed by atoms with Gasteiger partial charge in [0.25, 0.3) is 5.69 Å². The van der Waals surface area contributed by atoms with Crippen molar-refractivity contribution in [3.63, 3.8) is 0 Å². The van der Waals surface area contributed by atoms with Crippen LogP contribution in [0.4, 0.5) is 5.69 Å². The van der Waals surface area contributed by atoms with Crippen LogP contribution in [0, 0.1) is 17.0 Å². The summed E-state index contributed by atoms with van der Waals surface area (Å²) in [7, 11) is 1.58. The maximum atomic E-state index is 13.5. The fourth-order valence-corrected chi connectivity index (χ4v) is 4.62. The number of rotatable bonds is 11. The fraction of sp³-hybridized carbons (Fsp3) is 0.259. The predicted molar refractivity (Wildman–Crippen MR) is 139 cm³/mol. The van der Waals surface area contributed by atoms with Crippen molar-refractivity contribution < 1.29 is 14.5 Å². The molecular weight excluding hydrogens is 462 g/mol.